The monoisotopic (exact) mass is 332 g/mol. The number of ketones is 1. The van der Waals surface area contributed by atoms with Crippen LogP contribution in [0, 0.1) is 34.5 Å². The van der Waals surface area contributed by atoms with Crippen LogP contribution >= 0.6 is 0 Å². The third-order valence-electron chi connectivity index (χ3n) is 8.69. The fourth-order valence-electron chi connectivity index (χ4n) is 7.34. The molecule has 4 aliphatic rings. The van der Waals surface area contributed by atoms with Crippen molar-refractivity contribution in [1.82, 2.24) is 0 Å². The molecule has 5 unspecified atom stereocenters. The van der Waals surface area contributed by atoms with Crippen molar-refractivity contribution in [3.05, 3.63) is 11.6 Å². The summed E-state index contributed by atoms with van der Waals surface area (Å²) >= 11 is 0. The first-order chi connectivity index (χ1) is 11.3. The van der Waals surface area contributed by atoms with Crippen LogP contribution in [0.15, 0.2) is 11.6 Å². The lowest BCUT2D eigenvalue weighted by atomic mass is 9.46. The number of carbonyl (C=O) groups is 1. The van der Waals surface area contributed by atoms with Crippen LogP contribution in [0.2, 0.25) is 0 Å². The molecule has 3 nitrogen and oxygen atoms in total. The second kappa shape index (κ2) is 5.41. The van der Waals surface area contributed by atoms with Crippen LogP contribution in [0.1, 0.15) is 65.7 Å². The molecule has 3 fully saturated rings. The second-order valence-electron chi connectivity index (χ2n) is 9.49. The summed E-state index contributed by atoms with van der Waals surface area (Å²) in [4.78, 5) is 12.2. The zero-order chi connectivity index (χ0) is 17.3. The van der Waals surface area contributed by atoms with Crippen LogP contribution in [-0.4, -0.2) is 28.2 Å². The van der Waals surface area contributed by atoms with Crippen molar-refractivity contribution in [1.29, 1.82) is 0 Å². The molecule has 2 N–H and O–H groups in total. The first-order valence-corrected chi connectivity index (χ1v) is 9.86. The lowest BCUT2D eigenvalue weighted by Gasteiger charge is -2.59. The van der Waals surface area contributed by atoms with Gasteiger partial charge < -0.3 is 10.2 Å². The molecule has 4 aliphatic carbocycles. The highest BCUT2D eigenvalue weighted by atomic mass is 16.3. The van der Waals surface area contributed by atoms with E-state index in [-0.39, 0.29) is 34.7 Å². The number of hydrogen-bond donors (Lipinski definition) is 2. The van der Waals surface area contributed by atoms with E-state index in [1.165, 1.54) is 5.57 Å². The summed E-state index contributed by atoms with van der Waals surface area (Å²) in [6.07, 6.45) is 8.45. The van der Waals surface area contributed by atoms with Gasteiger partial charge in [-0.15, -0.1) is 0 Å². The molecule has 8 atom stereocenters. The van der Waals surface area contributed by atoms with Crippen LogP contribution in [-0.2, 0) is 4.79 Å². The summed E-state index contributed by atoms with van der Waals surface area (Å²) in [6.45, 7) is 6.27. The molecular formula is C21H32O3. The van der Waals surface area contributed by atoms with Gasteiger partial charge in [-0.25, -0.2) is 0 Å². The van der Waals surface area contributed by atoms with Crippen molar-refractivity contribution in [2.45, 2.75) is 77.9 Å². The molecule has 24 heavy (non-hydrogen) atoms. The minimum Gasteiger partial charge on any atom is -0.393 e. The Balaban J connectivity index is 1.70. The fraction of sp³-hybridized carbons (Fsp3) is 0.857. The molecule has 3 saturated carbocycles. The quantitative estimate of drug-likeness (QED) is 0.723. The summed E-state index contributed by atoms with van der Waals surface area (Å²) in [5, 5.41) is 21.2. The lowest BCUT2D eigenvalue weighted by Crippen LogP contribution is -2.57. The van der Waals surface area contributed by atoms with E-state index in [0.717, 1.165) is 44.9 Å². The third-order valence-corrected chi connectivity index (χ3v) is 8.69. The van der Waals surface area contributed by atoms with Gasteiger partial charge in [-0.05, 0) is 75.0 Å². The number of hydrogen-bond acceptors (Lipinski definition) is 3. The largest absolute Gasteiger partial charge is 0.393 e. The molecule has 0 aromatic rings. The molecule has 0 heterocycles. The average molecular weight is 332 g/mol. The summed E-state index contributed by atoms with van der Waals surface area (Å²) in [5.74, 6) is 1.91. The van der Waals surface area contributed by atoms with E-state index in [1.54, 1.807) is 6.92 Å². The van der Waals surface area contributed by atoms with Gasteiger partial charge in [0, 0.05) is 11.3 Å². The Morgan fingerprint density at radius 2 is 1.88 bits per heavy atom. The van der Waals surface area contributed by atoms with Crippen LogP contribution in [0.5, 0.6) is 0 Å². The molecular weight excluding hydrogens is 300 g/mol. The Hall–Kier alpha value is -0.670. The standard InChI is InChI=1S/C21H32O3/c1-12(22)16-6-7-17-15-5-4-13-10-14(23)8-9-20(13,2)18(15)11-19(24)21(16,17)3/h10,14-19,23-24H,4-9,11H2,1-3H3/t14?,15?,16?,17?,18?,19-,20+,21-/m1/s1. The van der Waals surface area contributed by atoms with Crippen molar-refractivity contribution in [2.75, 3.05) is 0 Å². The Labute approximate surface area is 145 Å². The van der Waals surface area contributed by atoms with Crippen LogP contribution in [0.4, 0.5) is 0 Å². The predicted molar refractivity (Wildman–Crippen MR) is 93.3 cm³/mol. The third kappa shape index (κ3) is 2.07. The van der Waals surface area contributed by atoms with Gasteiger partial charge in [-0.1, -0.05) is 25.5 Å². The van der Waals surface area contributed by atoms with Gasteiger partial charge in [0.1, 0.15) is 5.78 Å². The first-order valence-electron chi connectivity index (χ1n) is 9.86. The maximum absolute atomic E-state index is 12.2. The SMILES string of the molecule is CC(=O)C1CCC2C3CCC4=CC(O)CC[C@]4(C)C3C[C@@H](O)[C@]12C. The van der Waals surface area contributed by atoms with Crippen molar-refractivity contribution >= 4 is 5.78 Å². The highest BCUT2D eigenvalue weighted by Gasteiger charge is 2.63. The number of aliphatic hydroxyl groups excluding tert-OH is 2. The molecule has 134 valence electrons. The van der Waals surface area contributed by atoms with Crippen LogP contribution < -0.4 is 0 Å². The maximum Gasteiger partial charge on any atom is 0.133 e. The zero-order valence-electron chi connectivity index (χ0n) is 15.3. The molecule has 0 aliphatic heterocycles. The van der Waals surface area contributed by atoms with Crippen molar-refractivity contribution < 1.29 is 15.0 Å². The maximum atomic E-state index is 12.2. The van der Waals surface area contributed by atoms with E-state index < -0.39 is 0 Å². The van der Waals surface area contributed by atoms with E-state index in [1.807, 2.05) is 0 Å². The fourth-order valence-corrected chi connectivity index (χ4v) is 7.34. The van der Waals surface area contributed by atoms with E-state index in [9.17, 15) is 15.0 Å². The highest BCUT2D eigenvalue weighted by molar-refractivity contribution is 5.79. The van der Waals surface area contributed by atoms with E-state index >= 15 is 0 Å². The number of Topliss-reactive ketones (excluding diaryl/α,β-unsaturated/α-hetero) is 1. The van der Waals surface area contributed by atoms with Gasteiger partial charge in [0.15, 0.2) is 0 Å². The lowest BCUT2D eigenvalue weighted by molar-refractivity contribution is -0.148. The van der Waals surface area contributed by atoms with Gasteiger partial charge in [-0.3, -0.25) is 4.79 Å². The molecule has 4 rings (SSSR count). The first kappa shape index (κ1) is 16.8. The Kier molecular flexibility index (Phi) is 3.78. The molecule has 0 amide bonds. The number of fused-ring (bicyclic) bond motifs is 5. The summed E-state index contributed by atoms with van der Waals surface area (Å²) < 4.78 is 0. The minimum absolute atomic E-state index is 0.0383. The van der Waals surface area contributed by atoms with Crippen LogP contribution in [0.3, 0.4) is 0 Å². The van der Waals surface area contributed by atoms with E-state index in [0.29, 0.717) is 17.8 Å². The smallest absolute Gasteiger partial charge is 0.133 e. The summed E-state index contributed by atoms with van der Waals surface area (Å²) in [6, 6.07) is 0. The van der Waals surface area contributed by atoms with Gasteiger partial charge in [0.05, 0.1) is 12.2 Å². The summed E-state index contributed by atoms with van der Waals surface area (Å²) in [5.41, 5.74) is 1.34. The molecule has 0 radical (unpaired) electrons. The molecule has 0 aromatic carbocycles. The number of aliphatic hydroxyl groups is 2. The van der Waals surface area contributed by atoms with Gasteiger partial charge >= 0.3 is 0 Å². The number of rotatable bonds is 1. The summed E-state index contributed by atoms with van der Waals surface area (Å²) in [7, 11) is 0. The normalized spacial score (nSPS) is 53.6. The number of allylic oxidation sites excluding steroid dienone is 1. The van der Waals surface area contributed by atoms with E-state index in [2.05, 4.69) is 19.9 Å². The Morgan fingerprint density at radius 1 is 1.12 bits per heavy atom. The van der Waals surface area contributed by atoms with Crippen LogP contribution in [0.25, 0.3) is 0 Å². The highest BCUT2D eigenvalue weighted by Crippen LogP contribution is 2.66. The average Bonchev–Trinajstić information content (AvgIpc) is 2.88. The Bertz CT molecular complexity index is 582. The predicted octanol–water partition coefficient (Wildman–Crippen LogP) is 3.49. The Morgan fingerprint density at radius 3 is 2.58 bits per heavy atom. The molecule has 0 aromatic heterocycles. The second-order valence-corrected chi connectivity index (χ2v) is 9.49. The van der Waals surface area contributed by atoms with Gasteiger partial charge in [0.2, 0.25) is 0 Å². The van der Waals surface area contributed by atoms with Crippen molar-refractivity contribution in [2.24, 2.45) is 34.5 Å². The van der Waals surface area contributed by atoms with Crippen molar-refractivity contribution in [3.63, 3.8) is 0 Å². The van der Waals surface area contributed by atoms with E-state index in [4.69, 9.17) is 0 Å². The molecule has 0 spiro atoms. The van der Waals surface area contributed by atoms with Crippen molar-refractivity contribution in [3.8, 4) is 0 Å². The molecule has 0 saturated heterocycles. The molecule has 3 heteroatoms. The van der Waals surface area contributed by atoms with Gasteiger partial charge in [-0.2, -0.15) is 0 Å². The minimum atomic E-state index is -0.372. The molecule has 0 bridgehead atoms. The zero-order valence-corrected chi connectivity index (χ0v) is 15.3. The van der Waals surface area contributed by atoms with Gasteiger partial charge in [0.25, 0.3) is 0 Å². The number of carbonyl (C=O) groups excluding carboxylic acids is 1. The topological polar surface area (TPSA) is 57.5 Å².